The molecule has 1 saturated carbocycles. The molecular formula is C20H25F5O2. The molecule has 152 valence electrons. The van der Waals surface area contributed by atoms with Crippen LogP contribution in [-0.2, 0) is 11.3 Å². The van der Waals surface area contributed by atoms with Gasteiger partial charge in [-0.05, 0) is 55.2 Å². The number of benzene rings is 1. The summed E-state index contributed by atoms with van der Waals surface area (Å²) in [6.45, 7) is 0.0360. The maximum absolute atomic E-state index is 14.1. The van der Waals surface area contributed by atoms with Crippen molar-refractivity contribution in [3.63, 3.8) is 0 Å². The predicted molar refractivity (Wildman–Crippen MR) is 92.3 cm³/mol. The lowest BCUT2D eigenvalue weighted by Gasteiger charge is -2.30. The van der Waals surface area contributed by atoms with E-state index < -0.39 is 30.9 Å². The zero-order chi connectivity index (χ0) is 19.9. The normalized spacial score (nSPS) is 20.7. The van der Waals surface area contributed by atoms with Gasteiger partial charge in [-0.3, -0.25) is 0 Å². The third-order valence-corrected chi connectivity index (χ3v) is 4.93. The van der Waals surface area contributed by atoms with Crippen molar-refractivity contribution < 1.29 is 31.4 Å². The van der Waals surface area contributed by atoms with E-state index in [4.69, 9.17) is 0 Å². The Bertz CT molecular complexity index is 598. The summed E-state index contributed by atoms with van der Waals surface area (Å²) in [5.74, 6) is -1.20. The van der Waals surface area contributed by atoms with Crippen LogP contribution in [-0.4, -0.2) is 12.7 Å². The van der Waals surface area contributed by atoms with Crippen molar-refractivity contribution in [2.24, 2.45) is 11.8 Å². The molecule has 0 amide bonds. The fourth-order valence-electron chi connectivity index (χ4n) is 3.49. The highest BCUT2D eigenvalue weighted by Crippen LogP contribution is 2.38. The van der Waals surface area contributed by atoms with E-state index in [0.717, 1.165) is 50.7 Å². The Morgan fingerprint density at radius 1 is 1.15 bits per heavy atom. The van der Waals surface area contributed by atoms with Gasteiger partial charge in [0.05, 0.1) is 6.61 Å². The first-order valence-corrected chi connectivity index (χ1v) is 9.15. The van der Waals surface area contributed by atoms with Crippen LogP contribution < -0.4 is 4.74 Å². The second kappa shape index (κ2) is 10.1. The molecule has 1 aromatic carbocycles. The fourth-order valence-corrected chi connectivity index (χ4v) is 3.49. The molecular weight excluding hydrogens is 367 g/mol. The monoisotopic (exact) mass is 392 g/mol. The third kappa shape index (κ3) is 7.48. The maximum Gasteiger partial charge on any atom is 0.387 e. The molecule has 0 N–H and O–H groups in total. The molecule has 0 aliphatic heterocycles. The Morgan fingerprint density at radius 2 is 1.81 bits per heavy atom. The average Bonchev–Trinajstić information content (AvgIpc) is 2.61. The molecule has 1 aliphatic carbocycles. The lowest BCUT2D eigenvalue weighted by atomic mass is 9.78. The average molecular weight is 392 g/mol. The number of halogens is 5. The lowest BCUT2D eigenvalue weighted by molar-refractivity contribution is -0.256. The zero-order valence-corrected chi connectivity index (χ0v) is 15.1. The molecule has 0 aromatic heterocycles. The molecule has 1 aromatic rings. The summed E-state index contributed by atoms with van der Waals surface area (Å²) in [6, 6.07) is 3.06. The first-order valence-electron chi connectivity index (χ1n) is 9.15. The molecule has 0 heterocycles. The number of ether oxygens (including phenoxy) is 2. The third-order valence-electron chi connectivity index (χ3n) is 4.93. The number of hydrogen-bond acceptors (Lipinski definition) is 2. The van der Waals surface area contributed by atoms with Crippen LogP contribution >= 0.6 is 0 Å². The summed E-state index contributed by atoms with van der Waals surface area (Å²) in [7, 11) is 0. The van der Waals surface area contributed by atoms with Crippen LogP contribution in [0.5, 0.6) is 5.75 Å². The van der Waals surface area contributed by atoms with Crippen LogP contribution in [0.3, 0.4) is 0 Å². The second-order valence-electron chi connectivity index (χ2n) is 7.03. The molecule has 0 atom stereocenters. The van der Waals surface area contributed by atoms with E-state index >= 15 is 0 Å². The van der Waals surface area contributed by atoms with Crippen molar-refractivity contribution >= 4 is 0 Å². The molecule has 7 heteroatoms. The summed E-state index contributed by atoms with van der Waals surface area (Å²) in [6.07, 6.45) is 3.57. The van der Waals surface area contributed by atoms with Gasteiger partial charge in [-0.25, -0.2) is 4.39 Å². The zero-order valence-electron chi connectivity index (χ0n) is 15.1. The Balaban J connectivity index is 1.79. The van der Waals surface area contributed by atoms with Gasteiger partial charge < -0.3 is 9.47 Å². The van der Waals surface area contributed by atoms with Crippen LogP contribution in [0.1, 0.15) is 50.5 Å². The molecule has 0 unspecified atom stereocenters. The smallest absolute Gasteiger partial charge is 0.387 e. The highest BCUT2D eigenvalue weighted by atomic mass is 19.3. The van der Waals surface area contributed by atoms with Crippen molar-refractivity contribution in [3.8, 4) is 5.75 Å². The first kappa shape index (κ1) is 21.7. The van der Waals surface area contributed by atoms with E-state index in [9.17, 15) is 22.0 Å². The van der Waals surface area contributed by atoms with Crippen LogP contribution in [0, 0.1) is 17.7 Å². The van der Waals surface area contributed by atoms with Gasteiger partial charge in [0, 0.05) is 6.42 Å². The minimum Gasteiger partial charge on any atom is -0.432 e. The minimum absolute atomic E-state index is 0.0986. The van der Waals surface area contributed by atoms with E-state index in [0.29, 0.717) is 5.92 Å². The van der Waals surface area contributed by atoms with Crippen LogP contribution in [0.2, 0.25) is 0 Å². The van der Waals surface area contributed by atoms with Crippen molar-refractivity contribution in [2.45, 2.75) is 64.3 Å². The van der Waals surface area contributed by atoms with Gasteiger partial charge in [0.2, 0.25) is 0 Å². The lowest BCUT2D eigenvalue weighted by Crippen LogP contribution is -2.27. The van der Waals surface area contributed by atoms with Gasteiger partial charge in [0.1, 0.15) is 0 Å². The Kier molecular flexibility index (Phi) is 8.07. The van der Waals surface area contributed by atoms with Gasteiger partial charge in [0.25, 0.3) is 0 Å². The van der Waals surface area contributed by atoms with Crippen molar-refractivity contribution in [3.05, 3.63) is 42.2 Å². The van der Waals surface area contributed by atoms with Gasteiger partial charge in [-0.15, -0.1) is 6.58 Å². The Labute approximate surface area is 156 Å². The van der Waals surface area contributed by atoms with E-state index in [1.54, 1.807) is 0 Å². The SMILES string of the molecule is C=CCC[C@H]1CC[C@H](CC(F)(F)OCc2ccc(OC(F)F)c(F)c2)CC1. The van der Waals surface area contributed by atoms with E-state index in [1.165, 1.54) is 6.07 Å². The Morgan fingerprint density at radius 3 is 2.41 bits per heavy atom. The number of rotatable bonds is 10. The van der Waals surface area contributed by atoms with Crippen molar-refractivity contribution in [2.75, 3.05) is 0 Å². The van der Waals surface area contributed by atoms with E-state index in [1.807, 2.05) is 6.08 Å². The largest absolute Gasteiger partial charge is 0.432 e. The van der Waals surface area contributed by atoms with Crippen molar-refractivity contribution in [1.29, 1.82) is 0 Å². The standard InChI is InChI=1S/C20H25F5O2/c1-2-3-4-14-5-7-15(8-6-14)12-20(24,25)26-13-16-9-10-18(17(21)11-16)27-19(22)23/h2,9-11,14-15,19H,1,3-8,12-13H2/t14-,15-. The van der Waals surface area contributed by atoms with Gasteiger partial charge in [-0.2, -0.15) is 17.6 Å². The number of allylic oxidation sites excluding steroid dienone is 1. The summed E-state index contributed by atoms with van der Waals surface area (Å²) in [5.41, 5.74) is 0.127. The topological polar surface area (TPSA) is 18.5 Å². The summed E-state index contributed by atoms with van der Waals surface area (Å²) < 4.78 is 74.7. The van der Waals surface area contributed by atoms with Crippen molar-refractivity contribution in [1.82, 2.24) is 0 Å². The van der Waals surface area contributed by atoms with E-state index in [2.05, 4.69) is 16.1 Å². The molecule has 0 saturated heterocycles. The summed E-state index contributed by atoms with van der Waals surface area (Å²) in [4.78, 5) is 0. The first-order chi connectivity index (χ1) is 12.8. The molecule has 0 radical (unpaired) electrons. The fraction of sp³-hybridized carbons (Fsp3) is 0.600. The number of hydrogen-bond donors (Lipinski definition) is 0. The quantitative estimate of drug-likeness (QED) is 0.326. The molecule has 0 bridgehead atoms. The van der Waals surface area contributed by atoms with Gasteiger partial charge >= 0.3 is 12.7 Å². The highest BCUT2D eigenvalue weighted by Gasteiger charge is 2.35. The maximum atomic E-state index is 14.1. The van der Waals surface area contributed by atoms with E-state index in [-0.39, 0.29) is 17.9 Å². The predicted octanol–water partition coefficient (Wildman–Crippen LogP) is 6.70. The van der Waals surface area contributed by atoms with Crippen LogP contribution in [0.15, 0.2) is 30.9 Å². The minimum atomic E-state index is -3.31. The molecule has 1 aliphatic rings. The van der Waals surface area contributed by atoms with Crippen LogP contribution in [0.25, 0.3) is 0 Å². The summed E-state index contributed by atoms with van der Waals surface area (Å²) in [5, 5.41) is 0. The molecule has 2 nitrogen and oxygen atoms in total. The molecule has 27 heavy (non-hydrogen) atoms. The second-order valence-corrected chi connectivity index (χ2v) is 7.03. The molecule has 1 fully saturated rings. The highest BCUT2D eigenvalue weighted by molar-refractivity contribution is 5.29. The Hall–Kier alpha value is -1.63. The molecule has 0 spiro atoms. The van der Waals surface area contributed by atoms with Gasteiger partial charge in [0.15, 0.2) is 11.6 Å². The van der Waals surface area contributed by atoms with Gasteiger partial charge in [-0.1, -0.05) is 25.0 Å². The van der Waals surface area contributed by atoms with Crippen LogP contribution in [0.4, 0.5) is 22.0 Å². The molecule has 2 rings (SSSR count). The number of alkyl halides is 4. The summed E-state index contributed by atoms with van der Waals surface area (Å²) >= 11 is 0.